The lowest BCUT2D eigenvalue weighted by molar-refractivity contribution is -0.137. The van der Waals surface area contributed by atoms with Gasteiger partial charge < -0.3 is 4.40 Å². The Bertz CT molecular complexity index is 1200. The number of ketones is 1. The smallest absolute Gasteiger partial charge is 0.306 e. The van der Waals surface area contributed by atoms with Crippen LogP contribution in [-0.4, -0.2) is 20.2 Å². The fourth-order valence-corrected chi connectivity index (χ4v) is 3.32. The first kappa shape index (κ1) is 19.8. The van der Waals surface area contributed by atoms with E-state index < -0.39 is 23.5 Å². The average Bonchev–Trinajstić information content (AvgIpc) is 3.20. The second-order valence-corrected chi connectivity index (χ2v) is 6.78. The molecule has 0 fully saturated rings. The van der Waals surface area contributed by atoms with Gasteiger partial charge in [0.1, 0.15) is 11.5 Å². The molecule has 1 aromatic carbocycles. The first-order valence-corrected chi connectivity index (χ1v) is 9.06. The lowest BCUT2D eigenvalue weighted by Gasteiger charge is -2.18. The number of hydrogen-bond acceptors (Lipinski definition) is 3. The quantitative estimate of drug-likeness (QED) is 0.330. The average molecular weight is 413 g/mol. The third-order valence-corrected chi connectivity index (χ3v) is 4.86. The number of fused-ring (bicyclic) bond motifs is 1. The van der Waals surface area contributed by atoms with Crippen LogP contribution >= 0.6 is 0 Å². The lowest BCUT2D eigenvalue weighted by Crippen LogP contribution is -2.13. The molecule has 4 rings (SSSR count). The molecule has 0 aliphatic heterocycles. The van der Waals surface area contributed by atoms with Gasteiger partial charge in [0.15, 0.2) is 5.78 Å². The number of alkyl halides is 3. The van der Waals surface area contributed by atoms with Crippen LogP contribution < -0.4 is 0 Å². The number of Topliss-reactive ketones (excluding diaryl/α,β-unsaturated/α-hetero) is 1. The van der Waals surface area contributed by atoms with Crippen LogP contribution in [0.4, 0.5) is 17.6 Å². The zero-order valence-electron chi connectivity index (χ0n) is 15.5. The predicted octanol–water partition coefficient (Wildman–Crippen LogP) is 5.29. The van der Waals surface area contributed by atoms with Gasteiger partial charge in [0.05, 0.1) is 11.3 Å². The minimum absolute atomic E-state index is 0.00863. The standard InChI is InChI=1S/C22H15F4N3O/c23-18-2-1-9-28-21(18)17(14-3-6-16(7-4-14)22(24,25)26)12-19(30)15-5-8-20-27-10-11-29(20)13-15/h1-11,13,17H,12H2/t17-/m0/s1. The fraction of sp³-hybridized carbons (Fsp3) is 0.136. The van der Waals surface area contributed by atoms with Crippen molar-refractivity contribution >= 4 is 11.4 Å². The molecule has 0 spiro atoms. The Kier molecular flexibility index (Phi) is 5.07. The largest absolute Gasteiger partial charge is 0.416 e. The maximum absolute atomic E-state index is 14.4. The van der Waals surface area contributed by atoms with Gasteiger partial charge in [-0.15, -0.1) is 0 Å². The van der Waals surface area contributed by atoms with E-state index in [2.05, 4.69) is 9.97 Å². The normalized spacial score (nSPS) is 12.8. The number of pyridine rings is 2. The topological polar surface area (TPSA) is 47.3 Å². The highest BCUT2D eigenvalue weighted by Gasteiger charge is 2.31. The van der Waals surface area contributed by atoms with Gasteiger partial charge in [-0.1, -0.05) is 12.1 Å². The Balaban J connectivity index is 1.70. The van der Waals surface area contributed by atoms with E-state index in [1.807, 2.05) is 0 Å². The zero-order chi connectivity index (χ0) is 21.3. The number of imidazole rings is 1. The van der Waals surface area contributed by atoms with Crippen LogP contribution in [0.5, 0.6) is 0 Å². The molecule has 0 saturated heterocycles. The maximum atomic E-state index is 14.4. The molecule has 0 unspecified atom stereocenters. The summed E-state index contributed by atoms with van der Waals surface area (Å²) in [6.45, 7) is 0. The maximum Gasteiger partial charge on any atom is 0.416 e. The van der Waals surface area contributed by atoms with Crippen LogP contribution in [0.2, 0.25) is 0 Å². The molecular weight excluding hydrogens is 398 g/mol. The fourth-order valence-electron chi connectivity index (χ4n) is 3.32. The number of benzene rings is 1. The number of halogens is 4. The molecule has 4 aromatic rings. The summed E-state index contributed by atoms with van der Waals surface area (Å²) in [5.41, 5.74) is 0.616. The van der Waals surface area contributed by atoms with Crippen LogP contribution in [0.25, 0.3) is 5.65 Å². The van der Waals surface area contributed by atoms with Crippen molar-refractivity contribution in [2.45, 2.75) is 18.5 Å². The third-order valence-electron chi connectivity index (χ3n) is 4.86. The molecule has 0 saturated carbocycles. The van der Waals surface area contributed by atoms with E-state index in [0.29, 0.717) is 16.8 Å². The number of hydrogen-bond donors (Lipinski definition) is 0. The molecule has 0 bridgehead atoms. The monoisotopic (exact) mass is 413 g/mol. The van der Waals surface area contributed by atoms with Crippen LogP contribution in [0.15, 0.2) is 73.3 Å². The summed E-state index contributed by atoms with van der Waals surface area (Å²) in [5, 5.41) is 0. The minimum atomic E-state index is -4.49. The highest BCUT2D eigenvalue weighted by Crippen LogP contribution is 2.33. The van der Waals surface area contributed by atoms with E-state index in [0.717, 1.165) is 12.1 Å². The van der Waals surface area contributed by atoms with Crippen molar-refractivity contribution in [1.29, 1.82) is 0 Å². The number of rotatable bonds is 5. The van der Waals surface area contributed by atoms with Gasteiger partial charge in [-0.2, -0.15) is 13.2 Å². The molecule has 0 radical (unpaired) electrons. The second kappa shape index (κ2) is 7.70. The SMILES string of the molecule is O=C(C[C@@H](c1ccc(C(F)(F)F)cc1)c1ncccc1F)c1ccc2nccn2c1. The van der Waals surface area contributed by atoms with Crippen molar-refractivity contribution in [3.05, 3.63) is 102 Å². The van der Waals surface area contributed by atoms with Crippen LogP contribution in [0.1, 0.15) is 39.5 Å². The number of carbonyl (C=O) groups excluding carboxylic acids is 1. The Hall–Kier alpha value is -3.55. The van der Waals surface area contributed by atoms with Crippen LogP contribution in [-0.2, 0) is 6.18 Å². The van der Waals surface area contributed by atoms with Crippen LogP contribution in [0, 0.1) is 5.82 Å². The summed E-state index contributed by atoms with van der Waals surface area (Å²) in [7, 11) is 0. The molecule has 3 aromatic heterocycles. The van der Waals surface area contributed by atoms with Crippen molar-refractivity contribution in [3.8, 4) is 0 Å². The highest BCUT2D eigenvalue weighted by molar-refractivity contribution is 5.96. The van der Waals surface area contributed by atoms with Gasteiger partial charge in [0.25, 0.3) is 0 Å². The number of carbonyl (C=O) groups is 1. The summed E-state index contributed by atoms with van der Waals surface area (Å²) < 4.78 is 54.8. The number of nitrogens with zero attached hydrogens (tertiary/aromatic N) is 3. The van der Waals surface area contributed by atoms with E-state index in [1.54, 1.807) is 35.1 Å². The summed E-state index contributed by atoms with van der Waals surface area (Å²) in [4.78, 5) is 21.1. The molecule has 0 amide bonds. The van der Waals surface area contributed by atoms with Gasteiger partial charge >= 0.3 is 6.18 Å². The Morgan fingerprint density at radius 2 is 1.77 bits per heavy atom. The molecule has 30 heavy (non-hydrogen) atoms. The van der Waals surface area contributed by atoms with Crippen molar-refractivity contribution in [1.82, 2.24) is 14.4 Å². The van der Waals surface area contributed by atoms with Crippen molar-refractivity contribution in [2.75, 3.05) is 0 Å². The van der Waals surface area contributed by atoms with Gasteiger partial charge in [0.2, 0.25) is 0 Å². The molecule has 1 atom stereocenters. The Morgan fingerprint density at radius 1 is 1.00 bits per heavy atom. The molecule has 0 N–H and O–H groups in total. The van der Waals surface area contributed by atoms with E-state index in [-0.39, 0.29) is 17.9 Å². The summed E-state index contributed by atoms with van der Waals surface area (Å²) in [6.07, 6.45) is 1.65. The second-order valence-electron chi connectivity index (χ2n) is 6.78. The van der Waals surface area contributed by atoms with E-state index in [1.165, 1.54) is 30.5 Å². The van der Waals surface area contributed by atoms with Crippen molar-refractivity contribution < 1.29 is 22.4 Å². The molecule has 3 heterocycles. The molecule has 8 heteroatoms. The summed E-state index contributed by atoms with van der Waals surface area (Å²) >= 11 is 0. The Morgan fingerprint density at radius 3 is 2.47 bits per heavy atom. The first-order chi connectivity index (χ1) is 14.3. The lowest BCUT2D eigenvalue weighted by atomic mass is 9.88. The van der Waals surface area contributed by atoms with Gasteiger partial charge in [-0.05, 0) is 42.0 Å². The van der Waals surface area contributed by atoms with Crippen molar-refractivity contribution in [2.24, 2.45) is 0 Å². The summed E-state index contributed by atoms with van der Waals surface area (Å²) in [6, 6.07) is 10.3. The van der Waals surface area contributed by atoms with Gasteiger partial charge in [0, 0.05) is 42.7 Å². The van der Waals surface area contributed by atoms with E-state index in [9.17, 15) is 22.4 Å². The number of aromatic nitrogens is 3. The summed E-state index contributed by atoms with van der Waals surface area (Å²) in [5.74, 6) is -1.75. The molecule has 152 valence electrons. The van der Waals surface area contributed by atoms with E-state index >= 15 is 0 Å². The molecule has 0 aliphatic carbocycles. The van der Waals surface area contributed by atoms with Gasteiger partial charge in [-0.3, -0.25) is 9.78 Å². The van der Waals surface area contributed by atoms with E-state index in [4.69, 9.17) is 0 Å². The molecular formula is C22H15F4N3O. The van der Waals surface area contributed by atoms with Gasteiger partial charge in [-0.25, -0.2) is 9.37 Å². The minimum Gasteiger partial charge on any atom is -0.306 e. The highest BCUT2D eigenvalue weighted by atomic mass is 19.4. The Labute approximate surface area is 168 Å². The third kappa shape index (κ3) is 3.94. The molecule has 0 aliphatic rings. The first-order valence-electron chi connectivity index (χ1n) is 9.06. The predicted molar refractivity (Wildman–Crippen MR) is 102 cm³/mol. The van der Waals surface area contributed by atoms with Crippen LogP contribution in [0.3, 0.4) is 0 Å². The van der Waals surface area contributed by atoms with Crippen molar-refractivity contribution in [3.63, 3.8) is 0 Å². The molecule has 4 nitrogen and oxygen atoms in total. The zero-order valence-corrected chi connectivity index (χ0v) is 15.5.